The monoisotopic (exact) mass is 414 g/mol. The molecule has 1 N–H and O–H groups in total. The van der Waals surface area contributed by atoms with E-state index in [1.807, 2.05) is 86.0 Å². The van der Waals surface area contributed by atoms with Crippen molar-refractivity contribution in [2.24, 2.45) is 0 Å². The van der Waals surface area contributed by atoms with Crippen LogP contribution in [0.1, 0.15) is 27.5 Å². The fourth-order valence-corrected chi connectivity index (χ4v) is 4.02. The van der Waals surface area contributed by atoms with Crippen molar-refractivity contribution in [3.8, 4) is 11.5 Å². The molecule has 0 saturated heterocycles. The zero-order valence-electron chi connectivity index (χ0n) is 18.0. The molecule has 0 bridgehead atoms. The lowest BCUT2D eigenvalue weighted by Crippen LogP contribution is -2.30. The molecule has 1 aromatic heterocycles. The Kier molecular flexibility index (Phi) is 6.05. The van der Waals surface area contributed by atoms with Gasteiger partial charge < -0.3 is 14.5 Å². The number of fused-ring (bicyclic) bond motifs is 1. The molecule has 0 aliphatic carbocycles. The summed E-state index contributed by atoms with van der Waals surface area (Å²) in [5.41, 5.74) is 3.65. The number of likely N-dealkylation sites (N-methyl/N-ethyl adjacent to an activating group) is 1. The molecule has 0 radical (unpaired) electrons. The van der Waals surface area contributed by atoms with Gasteiger partial charge in [-0.2, -0.15) is 0 Å². The number of nitrogens with one attached hydrogen (secondary N) is 1. The number of rotatable bonds is 8. The van der Waals surface area contributed by atoms with Gasteiger partial charge in [0.2, 0.25) is 0 Å². The maximum atomic E-state index is 13.8. The zero-order valence-corrected chi connectivity index (χ0v) is 18.0. The number of hydrogen-bond acceptors (Lipinski definition) is 4. The minimum atomic E-state index is -0.423. The minimum absolute atomic E-state index is 0.0617. The molecule has 0 saturated carbocycles. The minimum Gasteiger partial charge on any atom is -0.493 e. The molecule has 4 rings (SSSR count). The smallest absolute Gasteiger partial charge is 0.186 e. The SMILES string of the molecule is COc1ccc(CN(C)[C@@H](C(=O)c2c[nH]c3ccccc23)c2ccccc2)cc1OC. The number of nitrogens with zero attached hydrogens (tertiary/aromatic N) is 1. The molecule has 0 unspecified atom stereocenters. The summed E-state index contributed by atoms with van der Waals surface area (Å²) in [7, 11) is 5.22. The summed E-state index contributed by atoms with van der Waals surface area (Å²) in [6.45, 7) is 0.577. The van der Waals surface area contributed by atoms with E-state index in [0.29, 0.717) is 23.6 Å². The highest BCUT2D eigenvalue weighted by molar-refractivity contribution is 6.10. The average molecular weight is 415 g/mol. The predicted molar refractivity (Wildman–Crippen MR) is 123 cm³/mol. The van der Waals surface area contributed by atoms with Gasteiger partial charge in [0.25, 0.3) is 0 Å². The van der Waals surface area contributed by atoms with Crippen LogP contribution in [0.25, 0.3) is 10.9 Å². The molecule has 3 aromatic carbocycles. The summed E-state index contributed by atoms with van der Waals surface area (Å²) in [6, 6.07) is 23.2. The van der Waals surface area contributed by atoms with Gasteiger partial charge >= 0.3 is 0 Å². The second-order valence-corrected chi connectivity index (χ2v) is 7.53. The third kappa shape index (κ3) is 4.18. The average Bonchev–Trinajstić information content (AvgIpc) is 3.24. The number of para-hydroxylation sites is 1. The Morgan fingerprint density at radius 1 is 0.935 bits per heavy atom. The standard InChI is InChI=1S/C26H26N2O3/c1-28(17-18-13-14-23(30-2)24(15-18)31-3)25(19-9-5-4-6-10-19)26(29)21-16-27-22-12-8-7-11-20(21)22/h4-16,25,27H,17H2,1-3H3/t25-/m1/s1. The van der Waals surface area contributed by atoms with Gasteiger partial charge in [-0.15, -0.1) is 0 Å². The van der Waals surface area contributed by atoms with E-state index in [0.717, 1.165) is 22.0 Å². The van der Waals surface area contributed by atoms with Gasteiger partial charge in [-0.05, 0) is 36.4 Å². The number of Topliss-reactive ketones (excluding diaryl/α,β-unsaturated/α-hetero) is 1. The van der Waals surface area contributed by atoms with E-state index >= 15 is 0 Å². The van der Waals surface area contributed by atoms with Crippen LogP contribution in [0, 0.1) is 0 Å². The van der Waals surface area contributed by atoms with Crippen LogP contribution in [0.4, 0.5) is 0 Å². The first-order valence-corrected chi connectivity index (χ1v) is 10.2. The van der Waals surface area contributed by atoms with Crippen LogP contribution in [-0.4, -0.2) is 36.9 Å². The van der Waals surface area contributed by atoms with Crippen molar-refractivity contribution in [2.45, 2.75) is 12.6 Å². The number of benzene rings is 3. The van der Waals surface area contributed by atoms with Gasteiger partial charge in [-0.3, -0.25) is 9.69 Å². The third-order valence-corrected chi connectivity index (χ3v) is 5.54. The summed E-state index contributed by atoms with van der Waals surface area (Å²) >= 11 is 0. The lowest BCUT2D eigenvalue weighted by atomic mass is 9.95. The molecule has 4 aromatic rings. The van der Waals surface area contributed by atoms with Crippen LogP contribution in [0.2, 0.25) is 0 Å². The second-order valence-electron chi connectivity index (χ2n) is 7.53. The Bertz CT molecular complexity index is 1180. The summed E-state index contributed by atoms with van der Waals surface area (Å²) in [5.74, 6) is 1.42. The van der Waals surface area contributed by atoms with Crippen molar-refractivity contribution >= 4 is 16.7 Å². The van der Waals surface area contributed by atoms with E-state index in [1.54, 1.807) is 14.2 Å². The molecule has 0 spiro atoms. The highest BCUT2D eigenvalue weighted by Crippen LogP contribution is 2.31. The molecule has 158 valence electrons. The number of ether oxygens (including phenoxy) is 2. The number of carbonyl (C=O) groups is 1. The Labute approximate surface area is 182 Å². The zero-order chi connectivity index (χ0) is 21.8. The fourth-order valence-electron chi connectivity index (χ4n) is 4.02. The van der Waals surface area contributed by atoms with Crippen LogP contribution < -0.4 is 9.47 Å². The number of H-pyrrole nitrogens is 1. The van der Waals surface area contributed by atoms with Gasteiger partial charge in [0.05, 0.1) is 20.3 Å². The lowest BCUT2D eigenvalue weighted by molar-refractivity contribution is 0.0845. The fraction of sp³-hybridized carbons (Fsp3) is 0.192. The van der Waals surface area contributed by atoms with Gasteiger partial charge in [0.15, 0.2) is 17.3 Å². The molecular formula is C26H26N2O3. The topological polar surface area (TPSA) is 54.6 Å². The van der Waals surface area contributed by atoms with E-state index < -0.39 is 6.04 Å². The summed E-state index contributed by atoms with van der Waals surface area (Å²) in [4.78, 5) is 19.1. The Hall–Kier alpha value is -3.57. The van der Waals surface area contributed by atoms with Crippen molar-refractivity contribution in [3.05, 3.63) is 95.7 Å². The Morgan fingerprint density at radius 3 is 2.39 bits per heavy atom. The molecule has 5 nitrogen and oxygen atoms in total. The predicted octanol–water partition coefficient (Wildman–Crippen LogP) is 5.24. The number of carbonyl (C=O) groups excluding carboxylic acids is 1. The molecule has 1 heterocycles. The first kappa shape index (κ1) is 20.7. The molecule has 0 aliphatic rings. The summed E-state index contributed by atoms with van der Waals surface area (Å²) in [5, 5.41) is 0.938. The number of aromatic nitrogens is 1. The molecule has 0 fully saturated rings. The van der Waals surface area contributed by atoms with E-state index in [-0.39, 0.29) is 5.78 Å². The second kappa shape index (κ2) is 9.06. The number of hydrogen-bond donors (Lipinski definition) is 1. The number of ketones is 1. The van der Waals surface area contributed by atoms with Crippen LogP contribution in [0.3, 0.4) is 0 Å². The van der Waals surface area contributed by atoms with Crippen LogP contribution in [0.15, 0.2) is 79.0 Å². The highest BCUT2D eigenvalue weighted by Gasteiger charge is 2.28. The Balaban J connectivity index is 1.69. The lowest BCUT2D eigenvalue weighted by Gasteiger charge is -2.27. The molecule has 1 atom stereocenters. The molecular weight excluding hydrogens is 388 g/mol. The molecule has 31 heavy (non-hydrogen) atoms. The molecule has 5 heteroatoms. The van der Waals surface area contributed by atoms with Gasteiger partial charge in [0, 0.05) is 29.2 Å². The van der Waals surface area contributed by atoms with Crippen molar-refractivity contribution in [3.63, 3.8) is 0 Å². The van der Waals surface area contributed by atoms with E-state index in [1.165, 1.54) is 0 Å². The van der Waals surface area contributed by atoms with Crippen molar-refractivity contribution in [1.82, 2.24) is 9.88 Å². The highest BCUT2D eigenvalue weighted by atomic mass is 16.5. The van der Waals surface area contributed by atoms with Gasteiger partial charge in [-0.1, -0.05) is 54.6 Å². The van der Waals surface area contributed by atoms with Crippen molar-refractivity contribution in [2.75, 3.05) is 21.3 Å². The first-order valence-electron chi connectivity index (χ1n) is 10.2. The van der Waals surface area contributed by atoms with E-state index in [2.05, 4.69) is 9.88 Å². The van der Waals surface area contributed by atoms with Crippen LogP contribution in [-0.2, 0) is 6.54 Å². The van der Waals surface area contributed by atoms with Crippen LogP contribution >= 0.6 is 0 Å². The first-order chi connectivity index (χ1) is 15.1. The molecule has 0 amide bonds. The van der Waals surface area contributed by atoms with Crippen LogP contribution in [0.5, 0.6) is 11.5 Å². The summed E-state index contributed by atoms with van der Waals surface area (Å²) < 4.78 is 10.8. The van der Waals surface area contributed by atoms with Crippen molar-refractivity contribution in [1.29, 1.82) is 0 Å². The normalized spacial score (nSPS) is 12.1. The van der Waals surface area contributed by atoms with Crippen molar-refractivity contribution < 1.29 is 14.3 Å². The van der Waals surface area contributed by atoms with Gasteiger partial charge in [0.1, 0.15) is 0 Å². The van der Waals surface area contributed by atoms with E-state index in [9.17, 15) is 4.79 Å². The Morgan fingerprint density at radius 2 is 1.65 bits per heavy atom. The maximum absolute atomic E-state index is 13.8. The number of methoxy groups -OCH3 is 2. The molecule has 0 aliphatic heterocycles. The third-order valence-electron chi connectivity index (χ3n) is 5.54. The van der Waals surface area contributed by atoms with Gasteiger partial charge in [-0.25, -0.2) is 0 Å². The van der Waals surface area contributed by atoms with E-state index in [4.69, 9.17) is 9.47 Å². The number of aromatic amines is 1. The largest absolute Gasteiger partial charge is 0.493 e. The summed E-state index contributed by atoms with van der Waals surface area (Å²) in [6.07, 6.45) is 1.81. The quantitative estimate of drug-likeness (QED) is 0.401. The maximum Gasteiger partial charge on any atom is 0.186 e.